The highest BCUT2D eigenvalue weighted by atomic mass is 19.1. The van der Waals surface area contributed by atoms with Crippen molar-refractivity contribution >= 4 is 5.69 Å². The summed E-state index contributed by atoms with van der Waals surface area (Å²) in [5, 5.41) is 3.27. The summed E-state index contributed by atoms with van der Waals surface area (Å²) >= 11 is 0. The van der Waals surface area contributed by atoms with Gasteiger partial charge in [-0.2, -0.15) is 0 Å². The summed E-state index contributed by atoms with van der Waals surface area (Å²) < 4.78 is 12.8. The van der Waals surface area contributed by atoms with Crippen LogP contribution in [0.1, 0.15) is 19.4 Å². The van der Waals surface area contributed by atoms with Gasteiger partial charge in [-0.25, -0.2) is 4.39 Å². The Balaban J connectivity index is 2.87. The van der Waals surface area contributed by atoms with Gasteiger partial charge in [0.15, 0.2) is 0 Å². The predicted octanol–water partition coefficient (Wildman–Crippen LogP) is 2.28. The van der Waals surface area contributed by atoms with Crippen molar-refractivity contribution in [1.82, 2.24) is 0 Å². The average Bonchev–Trinajstić information content (AvgIpc) is 2.10. The molecule has 78 valence electrons. The smallest absolute Gasteiger partial charge is 0.123 e. The zero-order valence-corrected chi connectivity index (χ0v) is 8.89. The van der Waals surface area contributed by atoms with Crippen LogP contribution in [0.25, 0.3) is 0 Å². The van der Waals surface area contributed by atoms with E-state index in [1.165, 1.54) is 12.1 Å². The van der Waals surface area contributed by atoms with Crippen LogP contribution in [-0.2, 0) is 0 Å². The Morgan fingerprint density at radius 1 is 1.43 bits per heavy atom. The lowest BCUT2D eigenvalue weighted by Crippen LogP contribution is -2.39. The number of hydrogen-bond donors (Lipinski definition) is 2. The maximum Gasteiger partial charge on any atom is 0.123 e. The summed E-state index contributed by atoms with van der Waals surface area (Å²) in [6.45, 7) is 6.42. The van der Waals surface area contributed by atoms with E-state index in [-0.39, 0.29) is 11.4 Å². The molecule has 0 bridgehead atoms. The van der Waals surface area contributed by atoms with Gasteiger partial charge in [0.25, 0.3) is 0 Å². The second kappa shape index (κ2) is 3.96. The van der Waals surface area contributed by atoms with Crippen molar-refractivity contribution in [2.75, 3.05) is 11.9 Å². The highest BCUT2D eigenvalue weighted by molar-refractivity contribution is 5.52. The van der Waals surface area contributed by atoms with Crippen molar-refractivity contribution in [3.63, 3.8) is 0 Å². The summed E-state index contributed by atoms with van der Waals surface area (Å²) in [5.41, 5.74) is 7.26. The van der Waals surface area contributed by atoms with E-state index in [4.69, 9.17) is 5.73 Å². The van der Waals surface area contributed by atoms with E-state index < -0.39 is 0 Å². The molecule has 0 unspecified atom stereocenters. The molecule has 14 heavy (non-hydrogen) atoms. The van der Waals surface area contributed by atoms with Crippen LogP contribution < -0.4 is 11.1 Å². The molecule has 0 aliphatic rings. The molecular formula is C11H17FN2. The van der Waals surface area contributed by atoms with E-state index in [9.17, 15) is 4.39 Å². The highest BCUT2D eigenvalue weighted by Crippen LogP contribution is 2.19. The summed E-state index contributed by atoms with van der Waals surface area (Å²) in [4.78, 5) is 0. The maximum atomic E-state index is 12.8. The van der Waals surface area contributed by atoms with Crippen molar-refractivity contribution < 1.29 is 4.39 Å². The monoisotopic (exact) mass is 196 g/mol. The SMILES string of the molecule is Cc1cc(F)ccc1NC(C)(C)CN. The number of nitrogens with one attached hydrogen (secondary N) is 1. The Hall–Kier alpha value is -1.09. The second-order valence-electron chi connectivity index (χ2n) is 4.17. The third kappa shape index (κ3) is 2.70. The number of hydrogen-bond acceptors (Lipinski definition) is 2. The van der Waals surface area contributed by atoms with Gasteiger partial charge in [-0.05, 0) is 44.5 Å². The minimum atomic E-state index is -0.210. The van der Waals surface area contributed by atoms with Crippen LogP contribution >= 0.6 is 0 Å². The van der Waals surface area contributed by atoms with E-state index in [1.54, 1.807) is 6.07 Å². The highest BCUT2D eigenvalue weighted by Gasteiger charge is 2.15. The summed E-state index contributed by atoms with van der Waals surface area (Å²) in [6.07, 6.45) is 0. The van der Waals surface area contributed by atoms with Crippen LogP contribution in [0, 0.1) is 12.7 Å². The van der Waals surface area contributed by atoms with Crippen LogP contribution in [0.5, 0.6) is 0 Å². The number of halogens is 1. The Bertz CT molecular complexity index is 321. The summed E-state index contributed by atoms with van der Waals surface area (Å²) in [7, 11) is 0. The Morgan fingerprint density at radius 3 is 2.57 bits per heavy atom. The van der Waals surface area contributed by atoms with Gasteiger partial charge < -0.3 is 11.1 Å². The fourth-order valence-electron chi connectivity index (χ4n) is 1.18. The molecule has 0 amide bonds. The first kappa shape index (κ1) is 11.0. The Morgan fingerprint density at radius 2 is 2.07 bits per heavy atom. The van der Waals surface area contributed by atoms with E-state index in [1.807, 2.05) is 20.8 Å². The first-order valence-electron chi connectivity index (χ1n) is 4.69. The molecule has 0 aliphatic heterocycles. The third-order valence-electron chi connectivity index (χ3n) is 2.17. The quantitative estimate of drug-likeness (QED) is 0.778. The lowest BCUT2D eigenvalue weighted by atomic mass is 10.0. The lowest BCUT2D eigenvalue weighted by Gasteiger charge is -2.26. The fourth-order valence-corrected chi connectivity index (χ4v) is 1.18. The molecule has 0 atom stereocenters. The van der Waals surface area contributed by atoms with Gasteiger partial charge in [-0.1, -0.05) is 0 Å². The number of anilines is 1. The molecule has 3 N–H and O–H groups in total. The average molecular weight is 196 g/mol. The number of rotatable bonds is 3. The van der Waals surface area contributed by atoms with Crippen LogP contribution in [0.4, 0.5) is 10.1 Å². The Kier molecular flexibility index (Phi) is 3.11. The van der Waals surface area contributed by atoms with Crippen LogP contribution in [0.15, 0.2) is 18.2 Å². The molecule has 2 nitrogen and oxygen atoms in total. The zero-order valence-electron chi connectivity index (χ0n) is 8.89. The molecule has 1 aromatic rings. The van der Waals surface area contributed by atoms with Gasteiger partial charge in [0.2, 0.25) is 0 Å². The van der Waals surface area contributed by atoms with Gasteiger partial charge >= 0.3 is 0 Å². The maximum absolute atomic E-state index is 12.8. The first-order valence-corrected chi connectivity index (χ1v) is 4.69. The van der Waals surface area contributed by atoms with Crippen molar-refractivity contribution in [3.05, 3.63) is 29.6 Å². The Labute approximate surface area is 84.3 Å². The van der Waals surface area contributed by atoms with Crippen LogP contribution in [0.3, 0.4) is 0 Å². The van der Waals surface area contributed by atoms with E-state index in [0.29, 0.717) is 6.54 Å². The number of aryl methyl sites for hydroxylation is 1. The van der Waals surface area contributed by atoms with Gasteiger partial charge in [-0.15, -0.1) is 0 Å². The second-order valence-corrected chi connectivity index (χ2v) is 4.17. The van der Waals surface area contributed by atoms with E-state index in [2.05, 4.69) is 5.32 Å². The van der Waals surface area contributed by atoms with E-state index in [0.717, 1.165) is 11.3 Å². The van der Waals surface area contributed by atoms with Crippen LogP contribution in [-0.4, -0.2) is 12.1 Å². The minimum absolute atomic E-state index is 0.164. The molecule has 0 saturated carbocycles. The molecule has 0 saturated heterocycles. The molecule has 0 radical (unpaired) electrons. The van der Waals surface area contributed by atoms with Gasteiger partial charge in [0.05, 0.1) is 0 Å². The molecule has 3 heteroatoms. The van der Waals surface area contributed by atoms with Gasteiger partial charge in [0.1, 0.15) is 5.82 Å². The van der Waals surface area contributed by atoms with Gasteiger partial charge in [-0.3, -0.25) is 0 Å². The van der Waals surface area contributed by atoms with Crippen molar-refractivity contribution in [1.29, 1.82) is 0 Å². The molecule has 0 aromatic heterocycles. The lowest BCUT2D eigenvalue weighted by molar-refractivity contribution is 0.578. The topological polar surface area (TPSA) is 38.0 Å². The van der Waals surface area contributed by atoms with Crippen molar-refractivity contribution in [3.8, 4) is 0 Å². The van der Waals surface area contributed by atoms with Crippen molar-refractivity contribution in [2.24, 2.45) is 5.73 Å². The summed E-state index contributed by atoms with van der Waals surface area (Å²) in [5.74, 6) is -0.210. The molecule has 0 spiro atoms. The van der Waals surface area contributed by atoms with Crippen molar-refractivity contribution in [2.45, 2.75) is 26.3 Å². The summed E-state index contributed by atoms with van der Waals surface area (Å²) in [6, 6.07) is 4.69. The standard InChI is InChI=1S/C11H17FN2/c1-8-6-9(12)4-5-10(8)14-11(2,3)7-13/h4-6,14H,7,13H2,1-3H3. The number of nitrogens with two attached hydrogens (primary N) is 1. The van der Waals surface area contributed by atoms with E-state index >= 15 is 0 Å². The molecule has 1 aromatic carbocycles. The number of benzene rings is 1. The molecule has 0 fully saturated rings. The van der Waals surface area contributed by atoms with Gasteiger partial charge in [0, 0.05) is 17.8 Å². The molecule has 1 rings (SSSR count). The van der Waals surface area contributed by atoms with Crippen LogP contribution in [0.2, 0.25) is 0 Å². The third-order valence-corrected chi connectivity index (χ3v) is 2.17. The molecular weight excluding hydrogens is 179 g/mol. The largest absolute Gasteiger partial charge is 0.379 e. The predicted molar refractivity (Wildman–Crippen MR) is 57.9 cm³/mol. The fraction of sp³-hybridized carbons (Fsp3) is 0.455. The zero-order chi connectivity index (χ0) is 10.8. The molecule has 0 heterocycles. The first-order chi connectivity index (χ1) is 6.44. The molecule has 0 aliphatic carbocycles. The normalized spacial score (nSPS) is 11.5. The minimum Gasteiger partial charge on any atom is -0.379 e.